The summed E-state index contributed by atoms with van der Waals surface area (Å²) in [6.07, 6.45) is -0.709. The number of amides is 1. The maximum atomic E-state index is 12.6. The largest absolute Gasteiger partial charge is 0.479 e. The van der Waals surface area contributed by atoms with Crippen molar-refractivity contribution < 1.29 is 17.9 Å². The minimum Gasteiger partial charge on any atom is -0.479 e. The highest BCUT2D eigenvalue weighted by molar-refractivity contribution is 7.92. The van der Waals surface area contributed by atoms with Gasteiger partial charge < -0.3 is 10.1 Å². The summed E-state index contributed by atoms with van der Waals surface area (Å²) in [5, 5.41) is 2.61. The number of benzene rings is 2. The Kier molecular flexibility index (Phi) is 4.15. The molecule has 1 heterocycles. The molecule has 2 N–H and O–H groups in total. The van der Waals surface area contributed by atoms with Gasteiger partial charge in [-0.1, -0.05) is 29.3 Å². The van der Waals surface area contributed by atoms with Gasteiger partial charge in [-0.2, -0.15) is 0 Å². The highest BCUT2D eigenvalue weighted by Crippen LogP contribution is 2.37. The minimum atomic E-state index is -3.90. The normalized spacial score (nSPS) is 16.8. The van der Waals surface area contributed by atoms with E-state index in [0.717, 1.165) is 5.56 Å². The van der Waals surface area contributed by atoms with Crippen LogP contribution >= 0.6 is 11.6 Å². The molecule has 0 saturated heterocycles. The molecule has 126 valence electrons. The monoisotopic (exact) mass is 366 g/mol. The third-order valence-electron chi connectivity index (χ3n) is 3.56. The third kappa shape index (κ3) is 3.18. The molecule has 1 unspecified atom stereocenters. The second kappa shape index (κ2) is 5.99. The molecule has 0 spiro atoms. The van der Waals surface area contributed by atoms with E-state index in [4.69, 9.17) is 16.3 Å². The number of hydrogen-bond acceptors (Lipinski definition) is 4. The lowest BCUT2D eigenvalue weighted by Gasteiger charge is -2.24. The van der Waals surface area contributed by atoms with Crippen LogP contribution in [0.1, 0.15) is 12.5 Å². The van der Waals surface area contributed by atoms with E-state index < -0.39 is 16.1 Å². The first-order valence-corrected chi connectivity index (χ1v) is 9.03. The molecule has 0 saturated carbocycles. The maximum absolute atomic E-state index is 12.6. The molecule has 2 aromatic rings. The zero-order valence-electron chi connectivity index (χ0n) is 13.0. The Morgan fingerprint density at radius 1 is 1.21 bits per heavy atom. The molecule has 1 aliphatic rings. The summed E-state index contributed by atoms with van der Waals surface area (Å²) in [5.74, 6) is -0.0530. The summed E-state index contributed by atoms with van der Waals surface area (Å²) < 4.78 is 33.1. The van der Waals surface area contributed by atoms with E-state index in [1.807, 2.05) is 6.92 Å². The van der Waals surface area contributed by atoms with E-state index in [0.29, 0.717) is 11.4 Å². The van der Waals surface area contributed by atoms with E-state index in [1.165, 1.54) is 12.1 Å². The van der Waals surface area contributed by atoms with Crippen LogP contribution < -0.4 is 14.8 Å². The average Bonchev–Trinajstić information content (AvgIpc) is 2.50. The second-order valence-corrected chi connectivity index (χ2v) is 7.56. The molecule has 2 aromatic carbocycles. The lowest BCUT2D eigenvalue weighted by Crippen LogP contribution is -2.34. The van der Waals surface area contributed by atoms with Gasteiger partial charge in [0.15, 0.2) is 6.10 Å². The molecule has 0 aliphatic carbocycles. The fourth-order valence-corrected chi connectivity index (χ4v) is 3.85. The van der Waals surface area contributed by atoms with Crippen molar-refractivity contribution in [1.82, 2.24) is 0 Å². The van der Waals surface area contributed by atoms with E-state index >= 15 is 0 Å². The van der Waals surface area contributed by atoms with Gasteiger partial charge in [0.1, 0.15) is 10.6 Å². The number of anilines is 2. The molecule has 6 nitrogen and oxygen atoms in total. The molecular formula is C16H15ClN2O4S. The van der Waals surface area contributed by atoms with Crippen LogP contribution in [0.15, 0.2) is 41.3 Å². The minimum absolute atomic E-state index is 0.00758. The Hall–Kier alpha value is -2.25. The van der Waals surface area contributed by atoms with Crippen molar-refractivity contribution in [2.24, 2.45) is 0 Å². The third-order valence-corrected chi connectivity index (χ3v) is 5.40. The summed E-state index contributed by atoms with van der Waals surface area (Å²) in [6.45, 7) is 3.48. The summed E-state index contributed by atoms with van der Waals surface area (Å²) >= 11 is 6.10. The van der Waals surface area contributed by atoms with Gasteiger partial charge >= 0.3 is 0 Å². The molecule has 24 heavy (non-hydrogen) atoms. The lowest BCUT2D eigenvalue weighted by atomic mass is 10.2. The summed E-state index contributed by atoms with van der Waals surface area (Å²) in [6, 6.07) is 9.60. The number of hydrogen-bond donors (Lipinski definition) is 2. The van der Waals surface area contributed by atoms with E-state index in [9.17, 15) is 13.2 Å². The molecular weight excluding hydrogens is 352 g/mol. The van der Waals surface area contributed by atoms with Gasteiger partial charge in [0.2, 0.25) is 0 Å². The van der Waals surface area contributed by atoms with E-state index in [2.05, 4.69) is 10.0 Å². The van der Waals surface area contributed by atoms with Crippen LogP contribution in [0.2, 0.25) is 5.02 Å². The molecule has 0 bridgehead atoms. The fraction of sp³-hybridized carbons (Fsp3) is 0.188. The molecule has 8 heteroatoms. The van der Waals surface area contributed by atoms with Crippen LogP contribution in [0.4, 0.5) is 11.4 Å². The van der Waals surface area contributed by atoms with Gasteiger partial charge in [0.05, 0.1) is 10.7 Å². The molecule has 1 amide bonds. The van der Waals surface area contributed by atoms with Crippen molar-refractivity contribution in [3.05, 3.63) is 47.0 Å². The highest BCUT2D eigenvalue weighted by atomic mass is 35.5. The fourth-order valence-electron chi connectivity index (χ4n) is 2.25. The van der Waals surface area contributed by atoms with Crippen molar-refractivity contribution in [3.8, 4) is 5.75 Å². The molecule has 3 rings (SSSR count). The van der Waals surface area contributed by atoms with Gasteiger partial charge in [0, 0.05) is 11.8 Å². The Morgan fingerprint density at radius 2 is 1.88 bits per heavy atom. The maximum Gasteiger partial charge on any atom is 0.265 e. The van der Waals surface area contributed by atoms with Gasteiger partial charge in [-0.3, -0.25) is 9.52 Å². The van der Waals surface area contributed by atoms with Crippen LogP contribution in [0, 0.1) is 6.92 Å². The second-order valence-electron chi connectivity index (χ2n) is 5.50. The molecule has 1 atom stereocenters. The Labute approximate surface area is 144 Å². The average molecular weight is 367 g/mol. The van der Waals surface area contributed by atoms with Crippen molar-refractivity contribution >= 4 is 38.9 Å². The predicted molar refractivity (Wildman–Crippen MR) is 92.2 cm³/mol. The summed E-state index contributed by atoms with van der Waals surface area (Å²) in [5.41, 5.74) is 1.79. The van der Waals surface area contributed by atoms with Crippen molar-refractivity contribution in [2.45, 2.75) is 24.8 Å². The standard InChI is InChI=1S/C16H15ClN2O4S/c1-9-3-5-11(6-4-9)19-24(21,22)15-8-14-13(7-12(15)17)18-16(20)10(2)23-14/h3-8,10,19H,1-2H3,(H,18,20). The van der Waals surface area contributed by atoms with Crippen LogP contribution in [-0.4, -0.2) is 20.4 Å². The first-order chi connectivity index (χ1) is 11.3. The van der Waals surface area contributed by atoms with Crippen LogP contribution in [0.25, 0.3) is 0 Å². The van der Waals surface area contributed by atoms with Gasteiger partial charge in [0.25, 0.3) is 15.9 Å². The van der Waals surface area contributed by atoms with Gasteiger partial charge in [-0.25, -0.2) is 8.42 Å². The number of carbonyl (C=O) groups is 1. The predicted octanol–water partition coefficient (Wildman–Crippen LogP) is 3.17. The summed E-state index contributed by atoms with van der Waals surface area (Å²) in [7, 11) is -3.90. The van der Waals surface area contributed by atoms with Crippen LogP contribution in [0.5, 0.6) is 5.75 Å². The van der Waals surface area contributed by atoms with Gasteiger partial charge in [-0.05, 0) is 32.0 Å². The first kappa shape index (κ1) is 16.6. The number of sulfonamides is 1. The quantitative estimate of drug-likeness (QED) is 0.873. The van der Waals surface area contributed by atoms with Crippen molar-refractivity contribution in [1.29, 1.82) is 0 Å². The summed E-state index contributed by atoms with van der Waals surface area (Å²) in [4.78, 5) is 11.5. The Balaban J connectivity index is 1.97. The lowest BCUT2D eigenvalue weighted by molar-refractivity contribution is -0.122. The van der Waals surface area contributed by atoms with Gasteiger partial charge in [-0.15, -0.1) is 0 Å². The number of halogens is 1. The topological polar surface area (TPSA) is 84.5 Å². The van der Waals surface area contributed by atoms with E-state index in [-0.39, 0.29) is 21.6 Å². The molecule has 0 aromatic heterocycles. The number of aryl methyl sites for hydroxylation is 1. The number of carbonyl (C=O) groups excluding carboxylic acids is 1. The van der Waals surface area contributed by atoms with Crippen molar-refractivity contribution in [3.63, 3.8) is 0 Å². The Bertz CT molecular complexity index is 910. The van der Waals surface area contributed by atoms with E-state index in [1.54, 1.807) is 31.2 Å². The zero-order valence-corrected chi connectivity index (χ0v) is 14.5. The Morgan fingerprint density at radius 3 is 2.54 bits per heavy atom. The first-order valence-electron chi connectivity index (χ1n) is 7.17. The number of ether oxygens (including phenoxy) is 1. The smallest absolute Gasteiger partial charge is 0.265 e. The molecule has 1 aliphatic heterocycles. The van der Waals surface area contributed by atoms with Crippen molar-refractivity contribution in [2.75, 3.05) is 10.0 Å². The SMILES string of the molecule is Cc1ccc(NS(=O)(=O)c2cc3c(cc2Cl)NC(=O)C(C)O3)cc1. The van der Waals surface area contributed by atoms with Crippen LogP contribution in [0.3, 0.4) is 0 Å². The molecule has 0 radical (unpaired) electrons. The van der Waals surface area contributed by atoms with Crippen LogP contribution in [-0.2, 0) is 14.8 Å². The zero-order chi connectivity index (χ0) is 17.5. The number of fused-ring (bicyclic) bond motifs is 1. The number of rotatable bonds is 3. The number of nitrogens with one attached hydrogen (secondary N) is 2. The highest BCUT2D eigenvalue weighted by Gasteiger charge is 2.28. The molecule has 0 fully saturated rings.